The van der Waals surface area contributed by atoms with Gasteiger partial charge in [-0.3, -0.25) is 14.4 Å². The molecule has 4 aromatic carbocycles. The van der Waals surface area contributed by atoms with E-state index in [0.717, 1.165) is 22.6 Å². The third-order valence-electron chi connectivity index (χ3n) is 10.4. The SMILES string of the molecule is Cc1c(-c2n[nH]c(=O)c3nn(-c4ccccc4)cc23)c(-c2n[nH]c(=O)c3nn(-c4ccccc4)cc23)nn1-c1ccc(-c2n[nH]c(=O)c3nn(-c4ccccc4)cc23)cc1. The summed E-state index contributed by atoms with van der Waals surface area (Å²) in [5.74, 6) is 0. The predicted molar refractivity (Wildman–Crippen MR) is 224 cm³/mol. The van der Waals surface area contributed by atoms with Crippen LogP contribution in [-0.4, -0.2) is 69.7 Å². The first-order valence-electron chi connectivity index (χ1n) is 18.7. The third kappa shape index (κ3) is 5.48. The highest BCUT2D eigenvalue weighted by atomic mass is 16.1. The average molecular weight is 789 g/mol. The van der Waals surface area contributed by atoms with E-state index in [0.29, 0.717) is 55.9 Å². The number of rotatable bonds is 7. The van der Waals surface area contributed by atoms with Gasteiger partial charge >= 0.3 is 0 Å². The van der Waals surface area contributed by atoms with Crippen LogP contribution in [0.15, 0.2) is 148 Å². The maximum atomic E-state index is 13.2. The number of nitrogens with one attached hydrogen (secondary N) is 3. The van der Waals surface area contributed by atoms with Crippen molar-refractivity contribution in [2.24, 2.45) is 0 Å². The molecular weight excluding hydrogens is 761 g/mol. The van der Waals surface area contributed by atoms with Gasteiger partial charge in [0, 0.05) is 24.2 Å². The highest BCUT2D eigenvalue weighted by Crippen LogP contribution is 2.39. The molecule has 0 saturated carbocycles. The van der Waals surface area contributed by atoms with Crippen LogP contribution in [0.1, 0.15) is 5.69 Å². The van der Waals surface area contributed by atoms with Crippen LogP contribution >= 0.6 is 0 Å². The highest BCUT2D eigenvalue weighted by Gasteiger charge is 2.28. The lowest BCUT2D eigenvalue weighted by Gasteiger charge is -2.07. The fourth-order valence-corrected chi connectivity index (χ4v) is 7.50. The van der Waals surface area contributed by atoms with Crippen LogP contribution in [0.25, 0.3) is 89.4 Å². The maximum Gasteiger partial charge on any atom is 0.292 e. The molecule has 0 spiro atoms. The van der Waals surface area contributed by atoms with E-state index in [1.165, 1.54) is 0 Å². The van der Waals surface area contributed by atoms with Crippen LogP contribution < -0.4 is 16.7 Å². The maximum absolute atomic E-state index is 13.2. The van der Waals surface area contributed by atoms with Crippen molar-refractivity contribution < 1.29 is 0 Å². The summed E-state index contributed by atoms with van der Waals surface area (Å²) in [6.07, 6.45) is 5.30. The summed E-state index contributed by atoms with van der Waals surface area (Å²) in [6, 6.07) is 36.0. The van der Waals surface area contributed by atoms with E-state index >= 15 is 0 Å². The van der Waals surface area contributed by atoms with Gasteiger partial charge in [-0.05, 0) is 55.5 Å². The summed E-state index contributed by atoms with van der Waals surface area (Å²) in [7, 11) is 0. The van der Waals surface area contributed by atoms with Crippen LogP contribution in [0.3, 0.4) is 0 Å². The molecule has 0 bridgehead atoms. The number of benzene rings is 4. The van der Waals surface area contributed by atoms with Gasteiger partial charge in [-0.25, -0.2) is 34.0 Å². The minimum atomic E-state index is -0.468. The van der Waals surface area contributed by atoms with Crippen molar-refractivity contribution in [3.63, 3.8) is 0 Å². The molecular formula is C43H28N14O3. The molecule has 17 heteroatoms. The fourth-order valence-electron chi connectivity index (χ4n) is 7.50. The lowest BCUT2D eigenvalue weighted by atomic mass is 10.0. The van der Waals surface area contributed by atoms with E-state index in [4.69, 9.17) is 5.10 Å². The molecule has 0 saturated heterocycles. The molecule has 0 amide bonds. The number of fused-ring (bicyclic) bond motifs is 3. The van der Waals surface area contributed by atoms with Crippen LogP contribution in [-0.2, 0) is 0 Å². The van der Waals surface area contributed by atoms with Gasteiger partial charge in [-0.2, -0.15) is 35.7 Å². The van der Waals surface area contributed by atoms with Crippen molar-refractivity contribution in [2.45, 2.75) is 6.92 Å². The Labute approximate surface area is 335 Å². The Bertz CT molecular complexity index is 3620. The first-order chi connectivity index (χ1) is 29.4. The van der Waals surface area contributed by atoms with Gasteiger partial charge in [0.05, 0.1) is 50.2 Å². The summed E-state index contributed by atoms with van der Waals surface area (Å²) in [6.45, 7) is 1.89. The van der Waals surface area contributed by atoms with Crippen LogP contribution in [0.4, 0.5) is 0 Å². The van der Waals surface area contributed by atoms with Crippen molar-refractivity contribution in [3.8, 4) is 56.7 Å². The standard InChI is InChI=1S/C43H28N14O3/c1-24-33(35-31-22-55(27-13-7-3-8-14-27)51-38(31)42(59)48-45-35)40(36-32-23-56(28-15-9-4-10-16-28)52-39(32)43(60)49-46-36)53-57(24)29-19-17-25(18-20-29)34-30-21-54(26-11-5-2-6-12-26)50-37(30)41(58)47-44-34/h2-23H,1H3,(H,47,58)(H,48,59)(H,49,60). The second kappa shape index (κ2) is 13.4. The summed E-state index contributed by atoms with van der Waals surface area (Å²) in [4.78, 5) is 39.3. The molecule has 11 rings (SSSR count). The Hall–Kier alpha value is -8.86. The van der Waals surface area contributed by atoms with Gasteiger partial charge < -0.3 is 0 Å². The lowest BCUT2D eigenvalue weighted by molar-refractivity contribution is 0.847. The van der Waals surface area contributed by atoms with Crippen LogP contribution in [0.2, 0.25) is 0 Å². The normalized spacial score (nSPS) is 11.6. The second-order valence-corrected chi connectivity index (χ2v) is 14.0. The Morgan fingerprint density at radius 3 is 1.28 bits per heavy atom. The van der Waals surface area contributed by atoms with Gasteiger partial charge in [0.1, 0.15) is 22.8 Å². The Kier molecular flexibility index (Phi) is 7.67. The smallest absolute Gasteiger partial charge is 0.265 e. The number of aromatic amines is 3. The molecule has 0 atom stereocenters. The molecule has 60 heavy (non-hydrogen) atoms. The molecule has 17 nitrogen and oxygen atoms in total. The second-order valence-electron chi connectivity index (χ2n) is 14.0. The minimum absolute atomic E-state index is 0.165. The minimum Gasteiger partial charge on any atom is -0.265 e. The Morgan fingerprint density at radius 1 is 0.417 bits per heavy atom. The van der Waals surface area contributed by atoms with Crippen LogP contribution in [0, 0.1) is 6.92 Å². The topological polar surface area (TPSA) is 209 Å². The first kappa shape index (κ1) is 34.4. The number of hydrogen-bond donors (Lipinski definition) is 3. The number of nitrogens with zero attached hydrogens (tertiary/aromatic N) is 11. The van der Waals surface area contributed by atoms with Crippen molar-refractivity contribution in [2.75, 3.05) is 0 Å². The number of H-pyrrole nitrogens is 3. The predicted octanol–water partition coefficient (Wildman–Crippen LogP) is 5.45. The summed E-state index contributed by atoms with van der Waals surface area (Å²) in [5.41, 5.74) is 5.83. The monoisotopic (exact) mass is 788 g/mol. The van der Waals surface area contributed by atoms with E-state index in [-0.39, 0.29) is 16.6 Å². The van der Waals surface area contributed by atoms with Gasteiger partial charge in [-0.1, -0.05) is 66.7 Å². The molecule has 0 fully saturated rings. The molecule has 0 aliphatic carbocycles. The summed E-state index contributed by atoms with van der Waals surface area (Å²) >= 11 is 0. The average Bonchev–Trinajstić information content (AvgIpc) is 4.11. The van der Waals surface area contributed by atoms with Crippen LogP contribution in [0.5, 0.6) is 0 Å². The summed E-state index contributed by atoms with van der Waals surface area (Å²) in [5, 5.41) is 41.9. The van der Waals surface area contributed by atoms with Crippen molar-refractivity contribution >= 4 is 32.7 Å². The zero-order chi connectivity index (χ0) is 40.5. The van der Waals surface area contributed by atoms with Crippen molar-refractivity contribution in [1.29, 1.82) is 0 Å². The molecule has 11 aromatic rings. The van der Waals surface area contributed by atoms with E-state index in [2.05, 4.69) is 45.9 Å². The first-order valence-corrected chi connectivity index (χ1v) is 18.7. The van der Waals surface area contributed by atoms with E-state index in [9.17, 15) is 14.4 Å². The molecule has 288 valence electrons. The molecule has 7 aromatic heterocycles. The molecule has 0 radical (unpaired) electrons. The van der Waals surface area contributed by atoms with Crippen molar-refractivity contribution in [1.82, 2.24) is 69.7 Å². The number of hydrogen-bond acceptors (Lipinski definition) is 10. The highest BCUT2D eigenvalue weighted by molar-refractivity contribution is 6.00. The quantitative estimate of drug-likeness (QED) is 0.186. The molecule has 7 heterocycles. The fraction of sp³-hybridized carbons (Fsp3) is 0.0233. The van der Waals surface area contributed by atoms with Gasteiger partial charge in [0.2, 0.25) is 0 Å². The Morgan fingerprint density at radius 2 is 0.817 bits per heavy atom. The lowest BCUT2D eigenvalue weighted by Crippen LogP contribution is -2.11. The summed E-state index contributed by atoms with van der Waals surface area (Å²) < 4.78 is 6.67. The van der Waals surface area contributed by atoms with E-state index < -0.39 is 16.7 Å². The number of para-hydroxylation sites is 3. The third-order valence-corrected chi connectivity index (χ3v) is 10.4. The van der Waals surface area contributed by atoms with E-state index in [1.807, 2.05) is 122 Å². The molecule has 0 unspecified atom stereocenters. The van der Waals surface area contributed by atoms with Gasteiger partial charge in [0.15, 0.2) is 16.6 Å². The van der Waals surface area contributed by atoms with E-state index in [1.54, 1.807) is 37.3 Å². The molecule has 0 aliphatic heterocycles. The zero-order valence-corrected chi connectivity index (χ0v) is 31.3. The van der Waals surface area contributed by atoms with Gasteiger partial charge in [-0.15, -0.1) is 0 Å². The largest absolute Gasteiger partial charge is 0.292 e. The number of aromatic nitrogens is 14. The molecule has 0 aliphatic rings. The Balaban J connectivity index is 1.10. The van der Waals surface area contributed by atoms with Gasteiger partial charge in [0.25, 0.3) is 16.7 Å². The van der Waals surface area contributed by atoms with Crippen molar-refractivity contribution in [3.05, 3.63) is 171 Å². The molecule has 3 N–H and O–H groups in total. The zero-order valence-electron chi connectivity index (χ0n) is 31.3.